The second-order valence-corrected chi connectivity index (χ2v) is 6.50. The summed E-state index contributed by atoms with van der Waals surface area (Å²) in [7, 11) is 0. The number of alkyl halides is 5. The number of nitrogens with zero attached hydrogens (tertiary/aromatic N) is 2. The fraction of sp³-hybridized carbons (Fsp3) is 0.375. The van der Waals surface area contributed by atoms with Gasteiger partial charge in [0.15, 0.2) is 0 Å². The van der Waals surface area contributed by atoms with E-state index in [0.29, 0.717) is 12.8 Å². The molecule has 0 atom stereocenters. The van der Waals surface area contributed by atoms with Gasteiger partial charge in [0.1, 0.15) is 11.3 Å². The Bertz CT molecular complexity index is 862. The van der Waals surface area contributed by atoms with Gasteiger partial charge in [-0.15, -0.1) is 0 Å². The van der Waals surface area contributed by atoms with E-state index in [4.69, 9.17) is 11.6 Å². The molecule has 146 valence electrons. The molecule has 0 aliphatic heterocycles. The Kier molecular flexibility index (Phi) is 5.11. The number of hydrogen-bond donors (Lipinski definition) is 1. The summed E-state index contributed by atoms with van der Waals surface area (Å²) in [6, 6.07) is 2.41. The fourth-order valence-electron chi connectivity index (χ4n) is 2.74. The Morgan fingerprint density at radius 1 is 1.33 bits per heavy atom. The normalized spacial score (nSPS) is 14.7. The Morgan fingerprint density at radius 3 is 2.56 bits per heavy atom. The third-order valence-electron chi connectivity index (χ3n) is 4.13. The molecule has 2 aromatic rings. The van der Waals surface area contributed by atoms with Gasteiger partial charge in [0.25, 0.3) is 12.3 Å². The van der Waals surface area contributed by atoms with Crippen molar-refractivity contribution < 1.29 is 31.1 Å². The Labute approximate surface area is 154 Å². The number of carbonyl (C=O) groups is 1. The molecule has 0 spiro atoms. The minimum Gasteiger partial charge on any atom is -0.331 e. The second kappa shape index (κ2) is 7.06. The second-order valence-electron chi connectivity index (χ2n) is 6.06. The third-order valence-corrected chi connectivity index (χ3v) is 4.37. The molecule has 1 saturated carbocycles. The molecule has 1 fully saturated rings. The van der Waals surface area contributed by atoms with E-state index in [1.54, 1.807) is 5.10 Å². The first-order valence-corrected chi connectivity index (χ1v) is 8.16. The van der Waals surface area contributed by atoms with Crippen molar-refractivity contribution in [2.45, 2.75) is 38.0 Å². The van der Waals surface area contributed by atoms with Crippen LogP contribution < -0.4 is 0 Å². The van der Waals surface area contributed by atoms with Crippen molar-refractivity contribution in [1.29, 1.82) is 0 Å². The first-order chi connectivity index (χ1) is 12.6. The minimum atomic E-state index is -4.70. The minimum absolute atomic E-state index is 0.0176. The van der Waals surface area contributed by atoms with Crippen molar-refractivity contribution in [3.63, 3.8) is 0 Å². The lowest BCUT2D eigenvalue weighted by Crippen LogP contribution is -2.34. The summed E-state index contributed by atoms with van der Waals surface area (Å²) < 4.78 is 79.5. The summed E-state index contributed by atoms with van der Waals surface area (Å²) in [4.78, 5) is 13.6. The molecule has 0 unspecified atom stereocenters. The van der Waals surface area contributed by atoms with Gasteiger partial charge in [-0.1, -0.05) is 11.6 Å². The lowest BCUT2D eigenvalue weighted by molar-refractivity contribution is -0.138. The summed E-state index contributed by atoms with van der Waals surface area (Å²) in [5.41, 5.74) is -3.36. The average Bonchev–Trinajstić information content (AvgIpc) is 3.32. The smallest absolute Gasteiger partial charge is 0.331 e. The van der Waals surface area contributed by atoms with Gasteiger partial charge in [0.2, 0.25) is 5.95 Å². The number of aromatic amines is 1. The number of rotatable bonds is 5. The third kappa shape index (κ3) is 4.05. The molecule has 0 bridgehead atoms. The predicted octanol–water partition coefficient (Wildman–Crippen LogP) is 4.96. The number of carbonyl (C=O) groups excluding carboxylic acids is 1. The van der Waals surface area contributed by atoms with Crippen molar-refractivity contribution in [3.05, 3.63) is 51.6 Å². The standard InChI is InChI=1S/C16H12ClF6N3O/c17-8-1-4-10(16(21,22)23)7(5-8)6-26(9-2-3-9)15(27)11-12(13(18)19)24-25-14(11)20/h1,4-5,9,13H,2-3,6H2,(H,24,25). The lowest BCUT2D eigenvalue weighted by atomic mass is 10.1. The van der Waals surface area contributed by atoms with Gasteiger partial charge < -0.3 is 4.90 Å². The maximum absolute atomic E-state index is 13.8. The quantitative estimate of drug-likeness (QED) is 0.707. The van der Waals surface area contributed by atoms with Crippen LogP contribution in [0.2, 0.25) is 5.02 Å². The number of hydrogen-bond acceptors (Lipinski definition) is 2. The SMILES string of the molecule is O=C(c1c(C(F)F)n[nH]c1F)N(Cc1cc(Cl)ccc1C(F)(F)F)C1CC1. The van der Waals surface area contributed by atoms with Crippen molar-refractivity contribution in [2.24, 2.45) is 0 Å². The molecule has 1 heterocycles. The molecule has 1 amide bonds. The zero-order valence-electron chi connectivity index (χ0n) is 13.5. The summed E-state index contributed by atoms with van der Waals surface area (Å²) in [5.74, 6) is -2.50. The van der Waals surface area contributed by atoms with E-state index in [2.05, 4.69) is 5.10 Å². The molecule has 3 rings (SSSR count). The van der Waals surface area contributed by atoms with Crippen LogP contribution in [0.5, 0.6) is 0 Å². The van der Waals surface area contributed by atoms with E-state index < -0.39 is 53.9 Å². The molecule has 0 radical (unpaired) electrons. The molecule has 11 heteroatoms. The summed E-state index contributed by atoms with van der Waals surface area (Å²) in [6.45, 7) is -0.549. The van der Waals surface area contributed by atoms with Crippen LogP contribution in [0, 0.1) is 5.95 Å². The highest BCUT2D eigenvalue weighted by Crippen LogP contribution is 2.37. The topological polar surface area (TPSA) is 49.0 Å². The molecule has 1 aromatic heterocycles. The molecular weight excluding hydrogens is 400 g/mol. The zero-order valence-corrected chi connectivity index (χ0v) is 14.2. The van der Waals surface area contributed by atoms with Gasteiger partial charge in [-0.05, 0) is 36.6 Å². The van der Waals surface area contributed by atoms with E-state index in [1.807, 2.05) is 0 Å². The van der Waals surface area contributed by atoms with Crippen molar-refractivity contribution in [2.75, 3.05) is 0 Å². The summed E-state index contributed by atoms with van der Waals surface area (Å²) >= 11 is 5.77. The van der Waals surface area contributed by atoms with Crippen LogP contribution in [0.25, 0.3) is 0 Å². The Balaban J connectivity index is 1.99. The first-order valence-electron chi connectivity index (χ1n) is 7.78. The number of aromatic nitrogens is 2. The number of halogens is 7. The number of H-pyrrole nitrogens is 1. The monoisotopic (exact) mass is 411 g/mol. The van der Waals surface area contributed by atoms with Crippen LogP contribution in [0.3, 0.4) is 0 Å². The number of nitrogens with one attached hydrogen (secondary N) is 1. The van der Waals surface area contributed by atoms with Gasteiger partial charge >= 0.3 is 6.18 Å². The van der Waals surface area contributed by atoms with Crippen LogP contribution in [-0.2, 0) is 12.7 Å². The average molecular weight is 412 g/mol. The highest BCUT2D eigenvalue weighted by molar-refractivity contribution is 6.30. The Morgan fingerprint density at radius 2 is 2.00 bits per heavy atom. The molecule has 1 aliphatic rings. The van der Waals surface area contributed by atoms with E-state index in [1.165, 1.54) is 0 Å². The first kappa shape index (κ1) is 19.5. The van der Waals surface area contributed by atoms with Crippen LogP contribution in [-0.4, -0.2) is 27.0 Å². The predicted molar refractivity (Wildman–Crippen MR) is 82.9 cm³/mol. The summed E-state index contributed by atoms with van der Waals surface area (Å²) in [5, 5.41) is 4.77. The van der Waals surface area contributed by atoms with Crippen molar-refractivity contribution >= 4 is 17.5 Å². The largest absolute Gasteiger partial charge is 0.416 e. The zero-order chi connectivity index (χ0) is 19.9. The van der Waals surface area contributed by atoms with Crippen LogP contribution >= 0.6 is 11.6 Å². The van der Waals surface area contributed by atoms with Crippen LogP contribution in [0.1, 0.15) is 46.4 Å². The van der Waals surface area contributed by atoms with E-state index in [9.17, 15) is 31.1 Å². The van der Waals surface area contributed by atoms with Crippen molar-refractivity contribution in [1.82, 2.24) is 15.1 Å². The maximum atomic E-state index is 13.8. The molecule has 1 aliphatic carbocycles. The van der Waals surface area contributed by atoms with Crippen LogP contribution in [0.15, 0.2) is 18.2 Å². The van der Waals surface area contributed by atoms with Crippen molar-refractivity contribution in [3.8, 4) is 0 Å². The maximum Gasteiger partial charge on any atom is 0.416 e. The molecule has 4 nitrogen and oxygen atoms in total. The summed E-state index contributed by atoms with van der Waals surface area (Å²) in [6.07, 6.45) is -6.98. The highest BCUT2D eigenvalue weighted by atomic mass is 35.5. The number of amides is 1. The van der Waals surface area contributed by atoms with Gasteiger partial charge in [0, 0.05) is 17.6 Å². The number of benzene rings is 1. The highest BCUT2D eigenvalue weighted by Gasteiger charge is 2.40. The van der Waals surface area contributed by atoms with Gasteiger partial charge in [0.05, 0.1) is 5.56 Å². The van der Waals surface area contributed by atoms with Gasteiger partial charge in [-0.2, -0.15) is 22.7 Å². The van der Waals surface area contributed by atoms with E-state index >= 15 is 0 Å². The van der Waals surface area contributed by atoms with Crippen LogP contribution in [0.4, 0.5) is 26.3 Å². The molecule has 27 heavy (non-hydrogen) atoms. The molecule has 1 N–H and O–H groups in total. The lowest BCUT2D eigenvalue weighted by Gasteiger charge is -2.24. The molecule has 0 saturated heterocycles. The Hall–Kier alpha value is -2.23. The van der Waals surface area contributed by atoms with Gasteiger partial charge in [-0.3, -0.25) is 9.89 Å². The molecule has 1 aromatic carbocycles. The van der Waals surface area contributed by atoms with E-state index in [-0.39, 0.29) is 10.6 Å². The molecular formula is C16H12ClF6N3O. The van der Waals surface area contributed by atoms with Gasteiger partial charge in [-0.25, -0.2) is 8.78 Å². The fourth-order valence-corrected chi connectivity index (χ4v) is 2.94. The van der Waals surface area contributed by atoms with E-state index in [0.717, 1.165) is 23.1 Å².